The van der Waals surface area contributed by atoms with E-state index in [9.17, 15) is 4.79 Å². The second-order valence-corrected chi connectivity index (χ2v) is 5.12. The number of hydrogen-bond donors (Lipinski definition) is 1. The number of nitrogens with zero attached hydrogens (tertiary/aromatic N) is 4. The van der Waals surface area contributed by atoms with Crippen LogP contribution in [0.5, 0.6) is 0 Å². The zero-order chi connectivity index (χ0) is 14.5. The molecular formula is C12H16N4O3S. The topological polar surface area (TPSA) is 90.1 Å². The average molecular weight is 296 g/mol. The highest BCUT2D eigenvalue weighted by atomic mass is 32.1. The van der Waals surface area contributed by atoms with E-state index in [4.69, 9.17) is 9.84 Å². The molecule has 0 atom stereocenters. The molecule has 0 saturated heterocycles. The third-order valence-electron chi connectivity index (χ3n) is 2.80. The van der Waals surface area contributed by atoms with Crippen molar-refractivity contribution in [2.24, 2.45) is 0 Å². The monoisotopic (exact) mass is 296 g/mol. The largest absolute Gasteiger partial charge is 0.476 e. The van der Waals surface area contributed by atoms with Crippen molar-refractivity contribution in [3.05, 3.63) is 27.5 Å². The van der Waals surface area contributed by atoms with Gasteiger partial charge in [0.15, 0.2) is 5.69 Å². The number of aromatic carboxylic acids is 1. The van der Waals surface area contributed by atoms with Crippen LogP contribution in [-0.4, -0.2) is 44.8 Å². The van der Waals surface area contributed by atoms with Crippen LogP contribution < -0.4 is 0 Å². The lowest BCUT2D eigenvalue weighted by atomic mass is 10.2. The molecule has 0 aliphatic heterocycles. The number of carboxylic acid groups (broad SMARTS) is 1. The molecule has 8 heteroatoms. The Morgan fingerprint density at radius 3 is 2.95 bits per heavy atom. The highest BCUT2D eigenvalue weighted by Gasteiger charge is 2.19. The van der Waals surface area contributed by atoms with Crippen molar-refractivity contribution >= 4 is 17.3 Å². The van der Waals surface area contributed by atoms with Gasteiger partial charge >= 0.3 is 5.97 Å². The molecule has 0 aliphatic rings. The third kappa shape index (κ3) is 3.20. The summed E-state index contributed by atoms with van der Waals surface area (Å²) < 4.78 is 6.58. The standard InChI is InChI=1S/C12H16N4O3S/c1-3-10-13-8(7-20-10)6-16-9(4-5-19-2)11(12(17)18)14-15-16/h7H,3-6H2,1-2H3,(H,17,18). The van der Waals surface area contributed by atoms with Gasteiger partial charge in [0, 0.05) is 18.9 Å². The highest BCUT2D eigenvalue weighted by molar-refractivity contribution is 7.09. The molecule has 2 aromatic rings. The zero-order valence-corrected chi connectivity index (χ0v) is 12.2. The first-order chi connectivity index (χ1) is 9.65. The summed E-state index contributed by atoms with van der Waals surface area (Å²) in [6.07, 6.45) is 1.34. The molecule has 108 valence electrons. The van der Waals surface area contributed by atoms with Gasteiger partial charge in [-0.1, -0.05) is 12.1 Å². The van der Waals surface area contributed by atoms with Gasteiger partial charge in [0.1, 0.15) is 0 Å². The van der Waals surface area contributed by atoms with E-state index in [1.54, 1.807) is 23.1 Å². The van der Waals surface area contributed by atoms with Crippen LogP contribution in [-0.2, 0) is 24.1 Å². The van der Waals surface area contributed by atoms with Crippen molar-refractivity contribution < 1.29 is 14.6 Å². The Balaban J connectivity index is 2.23. The van der Waals surface area contributed by atoms with E-state index in [0.717, 1.165) is 17.1 Å². The SMILES string of the molecule is CCc1nc(Cn2nnc(C(=O)O)c2CCOC)cs1. The maximum Gasteiger partial charge on any atom is 0.358 e. The summed E-state index contributed by atoms with van der Waals surface area (Å²) in [5.74, 6) is -1.07. The Morgan fingerprint density at radius 1 is 1.55 bits per heavy atom. The van der Waals surface area contributed by atoms with Crippen molar-refractivity contribution in [1.29, 1.82) is 0 Å². The van der Waals surface area contributed by atoms with Crippen LogP contribution in [0.3, 0.4) is 0 Å². The Kier molecular flexibility index (Phi) is 4.80. The Bertz CT molecular complexity index is 593. The number of carboxylic acids is 1. The van der Waals surface area contributed by atoms with Crippen LogP contribution >= 0.6 is 11.3 Å². The lowest BCUT2D eigenvalue weighted by Crippen LogP contribution is -2.12. The summed E-state index contributed by atoms with van der Waals surface area (Å²) in [6, 6.07) is 0. The predicted molar refractivity (Wildman–Crippen MR) is 73.2 cm³/mol. The van der Waals surface area contributed by atoms with E-state index in [1.165, 1.54) is 0 Å². The fourth-order valence-corrected chi connectivity index (χ4v) is 2.55. The molecule has 7 nitrogen and oxygen atoms in total. The van der Waals surface area contributed by atoms with E-state index in [0.29, 0.717) is 25.3 Å². The van der Waals surface area contributed by atoms with Crippen LogP contribution in [0.25, 0.3) is 0 Å². The highest BCUT2D eigenvalue weighted by Crippen LogP contribution is 2.14. The summed E-state index contributed by atoms with van der Waals surface area (Å²) in [6.45, 7) is 2.89. The minimum atomic E-state index is -1.07. The summed E-state index contributed by atoms with van der Waals surface area (Å²) >= 11 is 1.59. The molecule has 0 radical (unpaired) electrons. The normalized spacial score (nSPS) is 10.9. The first-order valence-electron chi connectivity index (χ1n) is 6.23. The molecule has 2 rings (SSSR count). The van der Waals surface area contributed by atoms with E-state index in [2.05, 4.69) is 15.3 Å². The second kappa shape index (κ2) is 6.58. The van der Waals surface area contributed by atoms with Gasteiger partial charge < -0.3 is 9.84 Å². The number of aryl methyl sites for hydroxylation is 1. The summed E-state index contributed by atoms with van der Waals surface area (Å²) in [5.41, 5.74) is 1.41. The Labute approximate surface area is 120 Å². The third-order valence-corrected chi connectivity index (χ3v) is 3.84. The quantitative estimate of drug-likeness (QED) is 0.826. The number of carbonyl (C=O) groups is 1. The van der Waals surface area contributed by atoms with Crippen molar-refractivity contribution in [3.8, 4) is 0 Å². The number of ether oxygens (including phenoxy) is 1. The molecule has 0 amide bonds. The maximum atomic E-state index is 11.1. The van der Waals surface area contributed by atoms with Gasteiger partial charge in [-0.15, -0.1) is 16.4 Å². The minimum absolute atomic E-state index is 0.0204. The van der Waals surface area contributed by atoms with E-state index >= 15 is 0 Å². The van der Waals surface area contributed by atoms with E-state index < -0.39 is 5.97 Å². The van der Waals surface area contributed by atoms with Gasteiger partial charge in [-0.2, -0.15) is 0 Å². The molecule has 0 aliphatic carbocycles. The second-order valence-electron chi connectivity index (χ2n) is 4.18. The number of aromatic nitrogens is 4. The number of methoxy groups -OCH3 is 1. The van der Waals surface area contributed by atoms with Crippen LogP contribution in [0, 0.1) is 0 Å². The number of rotatable bonds is 7. The van der Waals surface area contributed by atoms with Crippen LogP contribution in [0.4, 0.5) is 0 Å². The fraction of sp³-hybridized carbons (Fsp3) is 0.500. The van der Waals surface area contributed by atoms with Crippen LogP contribution in [0.1, 0.15) is 33.8 Å². The van der Waals surface area contributed by atoms with Gasteiger partial charge in [-0.25, -0.2) is 14.5 Å². The lowest BCUT2D eigenvalue weighted by molar-refractivity contribution is 0.0688. The van der Waals surface area contributed by atoms with Crippen LogP contribution in [0.15, 0.2) is 5.38 Å². The molecule has 0 bridgehead atoms. The van der Waals surface area contributed by atoms with Gasteiger partial charge in [-0.05, 0) is 6.42 Å². The van der Waals surface area contributed by atoms with Gasteiger partial charge in [-0.3, -0.25) is 0 Å². The van der Waals surface area contributed by atoms with Gasteiger partial charge in [0.25, 0.3) is 0 Å². The molecule has 0 aromatic carbocycles. The van der Waals surface area contributed by atoms with E-state index in [1.807, 2.05) is 12.3 Å². The van der Waals surface area contributed by atoms with Crippen molar-refractivity contribution in [3.63, 3.8) is 0 Å². The van der Waals surface area contributed by atoms with Crippen molar-refractivity contribution in [2.75, 3.05) is 13.7 Å². The van der Waals surface area contributed by atoms with Crippen molar-refractivity contribution in [2.45, 2.75) is 26.3 Å². The smallest absolute Gasteiger partial charge is 0.358 e. The molecule has 0 unspecified atom stereocenters. The molecule has 2 heterocycles. The number of thiazole rings is 1. The molecule has 20 heavy (non-hydrogen) atoms. The zero-order valence-electron chi connectivity index (χ0n) is 11.4. The molecule has 0 saturated carbocycles. The lowest BCUT2D eigenvalue weighted by Gasteiger charge is -2.05. The Morgan fingerprint density at radius 2 is 2.35 bits per heavy atom. The fourth-order valence-electron chi connectivity index (χ4n) is 1.81. The van der Waals surface area contributed by atoms with Gasteiger partial charge in [0.2, 0.25) is 0 Å². The van der Waals surface area contributed by atoms with Crippen molar-refractivity contribution in [1.82, 2.24) is 20.0 Å². The average Bonchev–Trinajstić information content (AvgIpc) is 3.03. The van der Waals surface area contributed by atoms with E-state index in [-0.39, 0.29) is 5.69 Å². The molecule has 0 fully saturated rings. The first kappa shape index (κ1) is 14.6. The number of hydrogen-bond acceptors (Lipinski definition) is 6. The van der Waals surface area contributed by atoms with Crippen LogP contribution in [0.2, 0.25) is 0 Å². The summed E-state index contributed by atoms with van der Waals surface area (Å²) in [5, 5.41) is 19.8. The summed E-state index contributed by atoms with van der Waals surface area (Å²) in [4.78, 5) is 15.6. The molecule has 2 aromatic heterocycles. The Hall–Kier alpha value is -1.80. The molecular weight excluding hydrogens is 280 g/mol. The molecule has 1 N–H and O–H groups in total. The van der Waals surface area contributed by atoms with Gasteiger partial charge in [0.05, 0.1) is 29.5 Å². The first-order valence-corrected chi connectivity index (χ1v) is 7.11. The predicted octanol–water partition coefficient (Wildman–Crippen LogP) is 1.23. The summed E-state index contributed by atoms with van der Waals surface area (Å²) in [7, 11) is 1.57. The molecule has 0 spiro atoms. The minimum Gasteiger partial charge on any atom is -0.476 e. The maximum absolute atomic E-state index is 11.1.